The Morgan fingerprint density at radius 1 is 1.80 bits per heavy atom. The summed E-state index contributed by atoms with van der Waals surface area (Å²) < 4.78 is 0. The number of carbonyl (C=O) groups is 2. The Morgan fingerprint density at radius 3 is 2.60 bits per heavy atom. The van der Waals surface area contributed by atoms with E-state index in [2.05, 4.69) is 5.32 Å². The molecule has 1 aliphatic rings. The van der Waals surface area contributed by atoms with Gasteiger partial charge in [-0.2, -0.15) is 0 Å². The monoisotopic (exact) mass is 142 g/mol. The lowest BCUT2D eigenvalue weighted by Crippen LogP contribution is -2.32. The maximum Gasteiger partial charge on any atom is 0.232 e. The van der Waals surface area contributed by atoms with Crippen LogP contribution in [0, 0.1) is 11.8 Å². The van der Waals surface area contributed by atoms with Gasteiger partial charge in [0.15, 0.2) is 0 Å². The predicted octanol–water partition coefficient (Wildman–Crippen LogP) is -1.15. The van der Waals surface area contributed by atoms with Crippen LogP contribution in [-0.4, -0.2) is 18.4 Å². The van der Waals surface area contributed by atoms with E-state index < -0.39 is 11.8 Å². The molecule has 1 rings (SSSR count). The van der Waals surface area contributed by atoms with Crippen molar-refractivity contribution in [1.82, 2.24) is 5.32 Å². The topological polar surface area (TPSA) is 72.2 Å². The molecule has 56 valence electrons. The minimum atomic E-state index is -0.611. The summed E-state index contributed by atoms with van der Waals surface area (Å²) in [5.74, 6) is -1.33. The van der Waals surface area contributed by atoms with Gasteiger partial charge in [-0.1, -0.05) is 6.92 Å². The van der Waals surface area contributed by atoms with Crippen molar-refractivity contribution in [2.45, 2.75) is 6.92 Å². The molecule has 3 N–H and O–H groups in total. The van der Waals surface area contributed by atoms with Gasteiger partial charge in [-0.25, -0.2) is 0 Å². The summed E-state index contributed by atoms with van der Waals surface area (Å²) >= 11 is 0. The number of hydrogen-bond acceptors (Lipinski definition) is 2. The summed E-state index contributed by atoms with van der Waals surface area (Å²) in [5, 5.41) is 2.56. The third-order valence-corrected chi connectivity index (χ3v) is 1.76. The number of rotatable bonds is 1. The van der Waals surface area contributed by atoms with Gasteiger partial charge in [-0.05, 0) is 5.92 Å². The van der Waals surface area contributed by atoms with Crippen molar-refractivity contribution in [2.24, 2.45) is 17.6 Å². The molecule has 2 atom stereocenters. The molecule has 0 aromatic carbocycles. The van der Waals surface area contributed by atoms with Gasteiger partial charge < -0.3 is 11.1 Å². The second-order valence-corrected chi connectivity index (χ2v) is 2.60. The maximum absolute atomic E-state index is 10.8. The molecule has 1 aliphatic heterocycles. The van der Waals surface area contributed by atoms with Gasteiger partial charge in [0.05, 0.1) is 0 Å². The smallest absolute Gasteiger partial charge is 0.232 e. The van der Waals surface area contributed by atoms with E-state index in [4.69, 9.17) is 5.73 Å². The summed E-state index contributed by atoms with van der Waals surface area (Å²) in [5.41, 5.74) is 4.98. The van der Waals surface area contributed by atoms with E-state index in [9.17, 15) is 9.59 Å². The van der Waals surface area contributed by atoms with E-state index in [0.717, 1.165) is 0 Å². The van der Waals surface area contributed by atoms with Gasteiger partial charge in [0, 0.05) is 6.54 Å². The van der Waals surface area contributed by atoms with E-state index in [-0.39, 0.29) is 11.8 Å². The summed E-state index contributed by atoms with van der Waals surface area (Å²) in [6.45, 7) is 2.39. The fraction of sp³-hybridized carbons (Fsp3) is 0.667. The lowest BCUT2D eigenvalue weighted by atomic mass is 9.97. The Balaban J connectivity index is 2.72. The molecule has 0 radical (unpaired) electrons. The number of primary amides is 1. The molecule has 4 heteroatoms. The Labute approximate surface area is 58.8 Å². The van der Waals surface area contributed by atoms with Crippen LogP contribution < -0.4 is 11.1 Å². The van der Waals surface area contributed by atoms with E-state index >= 15 is 0 Å². The average Bonchev–Trinajstić information content (AvgIpc) is 2.11. The second kappa shape index (κ2) is 2.28. The molecule has 2 unspecified atom stereocenters. The molecule has 10 heavy (non-hydrogen) atoms. The van der Waals surface area contributed by atoms with Crippen LogP contribution in [0.3, 0.4) is 0 Å². The average molecular weight is 142 g/mol. The largest absolute Gasteiger partial charge is 0.369 e. The number of nitrogens with one attached hydrogen (secondary N) is 1. The molecule has 0 aliphatic carbocycles. The standard InChI is InChI=1S/C6H10N2O2/c1-3-2-8-6(10)4(3)5(7)9/h3-4H,2H2,1H3,(H2,7,9)(H,8,10). The van der Waals surface area contributed by atoms with E-state index in [1.54, 1.807) is 0 Å². The van der Waals surface area contributed by atoms with Crippen LogP contribution in [0.5, 0.6) is 0 Å². The van der Waals surface area contributed by atoms with E-state index in [1.165, 1.54) is 0 Å². The summed E-state index contributed by atoms with van der Waals surface area (Å²) in [6.07, 6.45) is 0. The first-order chi connectivity index (χ1) is 4.63. The minimum Gasteiger partial charge on any atom is -0.369 e. The molecular weight excluding hydrogens is 132 g/mol. The second-order valence-electron chi connectivity index (χ2n) is 2.60. The van der Waals surface area contributed by atoms with Crippen LogP contribution in [0.25, 0.3) is 0 Å². The van der Waals surface area contributed by atoms with Crippen molar-refractivity contribution < 1.29 is 9.59 Å². The van der Waals surface area contributed by atoms with Crippen LogP contribution in [0.4, 0.5) is 0 Å². The Morgan fingerprint density at radius 2 is 2.40 bits per heavy atom. The lowest BCUT2D eigenvalue weighted by Gasteiger charge is -2.05. The van der Waals surface area contributed by atoms with Gasteiger partial charge >= 0.3 is 0 Å². The van der Waals surface area contributed by atoms with Crippen LogP contribution in [0.1, 0.15) is 6.92 Å². The molecule has 0 aromatic rings. The fourth-order valence-electron chi connectivity index (χ4n) is 1.16. The Kier molecular flexibility index (Phi) is 1.61. The van der Waals surface area contributed by atoms with E-state index in [1.807, 2.05) is 6.92 Å². The van der Waals surface area contributed by atoms with Crippen molar-refractivity contribution in [3.8, 4) is 0 Å². The summed E-state index contributed by atoms with van der Waals surface area (Å²) in [4.78, 5) is 21.4. The highest BCUT2D eigenvalue weighted by molar-refractivity contribution is 6.01. The lowest BCUT2D eigenvalue weighted by molar-refractivity contribution is -0.132. The van der Waals surface area contributed by atoms with Crippen molar-refractivity contribution in [1.29, 1.82) is 0 Å². The SMILES string of the molecule is CC1CNC(=O)C1C(N)=O. The van der Waals surface area contributed by atoms with Gasteiger partial charge in [-0.3, -0.25) is 9.59 Å². The molecule has 1 saturated heterocycles. The van der Waals surface area contributed by atoms with Gasteiger partial charge in [0.2, 0.25) is 11.8 Å². The third kappa shape index (κ3) is 0.964. The van der Waals surface area contributed by atoms with Crippen molar-refractivity contribution in [3.63, 3.8) is 0 Å². The van der Waals surface area contributed by atoms with Crippen LogP contribution >= 0.6 is 0 Å². The van der Waals surface area contributed by atoms with Gasteiger partial charge in [0.25, 0.3) is 0 Å². The molecule has 1 fully saturated rings. The molecule has 4 nitrogen and oxygen atoms in total. The van der Waals surface area contributed by atoms with Crippen LogP contribution in [0.15, 0.2) is 0 Å². The zero-order chi connectivity index (χ0) is 7.72. The van der Waals surface area contributed by atoms with Gasteiger partial charge in [0.1, 0.15) is 5.92 Å². The Hall–Kier alpha value is -1.06. The summed E-state index contributed by atoms with van der Waals surface area (Å²) in [6, 6.07) is 0. The molecule has 2 amide bonds. The molecule has 0 aromatic heterocycles. The zero-order valence-electron chi connectivity index (χ0n) is 5.76. The third-order valence-electron chi connectivity index (χ3n) is 1.76. The van der Waals surface area contributed by atoms with Crippen molar-refractivity contribution in [2.75, 3.05) is 6.54 Å². The predicted molar refractivity (Wildman–Crippen MR) is 34.9 cm³/mol. The minimum absolute atomic E-state index is 0.0463. The molecular formula is C6H10N2O2. The Bertz CT molecular complexity index is 179. The number of carbonyl (C=O) groups excluding carboxylic acids is 2. The highest BCUT2D eigenvalue weighted by Crippen LogP contribution is 2.15. The number of amides is 2. The summed E-state index contributed by atoms with van der Waals surface area (Å²) in [7, 11) is 0. The molecule has 0 saturated carbocycles. The first kappa shape index (κ1) is 7.05. The van der Waals surface area contributed by atoms with Crippen molar-refractivity contribution in [3.05, 3.63) is 0 Å². The number of nitrogens with two attached hydrogens (primary N) is 1. The highest BCUT2D eigenvalue weighted by atomic mass is 16.2. The highest BCUT2D eigenvalue weighted by Gasteiger charge is 2.35. The molecule has 1 heterocycles. The number of hydrogen-bond donors (Lipinski definition) is 2. The van der Waals surface area contributed by atoms with Gasteiger partial charge in [-0.15, -0.1) is 0 Å². The first-order valence-corrected chi connectivity index (χ1v) is 3.20. The zero-order valence-corrected chi connectivity index (χ0v) is 5.76. The first-order valence-electron chi connectivity index (χ1n) is 3.20. The van der Waals surface area contributed by atoms with Crippen LogP contribution in [-0.2, 0) is 9.59 Å². The van der Waals surface area contributed by atoms with Crippen molar-refractivity contribution >= 4 is 11.8 Å². The maximum atomic E-state index is 10.8. The molecule has 0 bridgehead atoms. The quantitative estimate of drug-likeness (QED) is 0.454. The van der Waals surface area contributed by atoms with Crippen LogP contribution in [0.2, 0.25) is 0 Å². The van der Waals surface area contributed by atoms with E-state index in [0.29, 0.717) is 6.54 Å². The molecule has 0 spiro atoms. The normalized spacial score (nSPS) is 31.9. The fourth-order valence-corrected chi connectivity index (χ4v) is 1.16.